The molecule has 0 N–H and O–H groups in total. The van der Waals surface area contributed by atoms with Gasteiger partial charge in [-0.1, -0.05) is 42.3 Å². The lowest BCUT2D eigenvalue weighted by Gasteiger charge is -2.47. The van der Waals surface area contributed by atoms with Gasteiger partial charge in [0.2, 0.25) is 0 Å². The lowest BCUT2D eigenvalue weighted by molar-refractivity contribution is 0.415. The van der Waals surface area contributed by atoms with Crippen LogP contribution in [0.1, 0.15) is 44.4 Å². The largest absolute Gasteiger partial charge is 0.497 e. The van der Waals surface area contributed by atoms with Crippen LogP contribution in [-0.2, 0) is 0 Å². The summed E-state index contributed by atoms with van der Waals surface area (Å²) >= 11 is 0. The molecule has 4 rings (SSSR count). The number of benzene rings is 3. The number of hydrogen-bond acceptors (Lipinski definition) is 3. The zero-order valence-corrected chi connectivity index (χ0v) is 25.0. The average molecular weight is 513 g/mol. The summed E-state index contributed by atoms with van der Waals surface area (Å²) in [4.78, 5) is 0. The van der Waals surface area contributed by atoms with Crippen LogP contribution in [0.2, 0.25) is 5.04 Å². The lowest BCUT2D eigenvalue weighted by Crippen LogP contribution is -2.73. The highest BCUT2D eigenvalue weighted by Gasteiger charge is 2.56. The Hall–Kier alpha value is -3.24. The molecular weight excluding hydrogens is 472 g/mol. The van der Waals surface area contributed by atoms with Gasteiger partial charge in [-0.05, 0) is 116 Å². The van der Waals surface area contributed by atoms with E-state index in [9.17, 15) is 0 Å². The zero-order valence-electron chi connectivity index (χ0n) is 24.0. The van der Waals surface area contributed by atoms with Crippen molar-refractivity contribution in [1.29, 1.82) is 0 Å². The minimum absolute atomic E-state index is 0.239. The maximum absolute atomic E-state index is 5.85. The van der Waals surface area contributed by atoms with Crippen molar-refractivity contribution in [2.75, 3.05) is 21.3 Å². The van der Waals surface area contributed by atoms with Crippen LogP contribution in [0.15, 0.2) is 77.4 Å². The topological polar surface area (TPSA) is 27.7 Å². The van der Waals surface area contributed by atoms with Crippen LogP contribution in [0.3, 0.4) is 0 Å². The molecule has 0 saturated carbocycles. The van der Waals surface area contributed by atoms with Crippen molar-refractivity contribution < 1.29 is 14.2 Å². The van der Waals surface area contributed by atoms with Crippen molar-refractivity contribution in [1.82, 2.24) is 0 Å². The molecule has 0 bridgehead atoms. The molecule has 0 amide bonds. The molecule has 1 aliphatic rings. The Balaban J connectivity index is 2.31. The highest BCUT2D eigenvalue weighted by molar-refractivity contribution is 7.14. The van der Waals surface area contributed by atoms with Crippen molar-refractivity contribution in [2.24, 2.45) is 0 Å². The molecule has 37 heavy (non-hydrogen) atoms. The Morgan fingerprint density at radius 3 is 1.16 bits per heavy atom. The maximum Gasteiger partial charge on any atom is 0.162 e. The molecule has 1 aliphatic carbocycles. The van der Waals surface area contributed by atoms with E-state index in [-0.39, 0.29) is 5.04 Å². The number of allylic oxidation sites excluding steroid dienone is 4. The summed E-state index contributed by atoms with van der Waals surface area (Å²) in [7, 11) is 2.39. The second-order valence-corrected chi connectivity index (χ2v) is 15.0. The molecule has 0 aliphatic heterocycles. The first kappa shape index (κ1) is 26.8. The number of hydrogen-bond donors (Lipinski definition) is 0. The van der Waals surface area contributed by atoms with Gasteiger partial charge in [0.15, 0.2) is 8.07 Å². The van der Waals surface area contributed by atoms with E-state index in [1.807, 2.05) is 0 Å². The molecule has 1 atom stereocenters. The van der Waals surface area contributed by atoms with Gasteiger partial charge in [0, 0.05) is 5.04 Å². The van der Waals surface area contributed by atoms with E-state index < -0.39 is 8.07 Å². The Morgan fingerprint density at radius 1 is 0.541 bits per heavy atom. The third kappa shape index (κ3) is 4.31. The van der Waals surface area contributed by atoms with Crippen LogP contribution in [0, 0.1) is 20.8 Å². The molecule has 3 aromatic rings. The third-order valence-electron chi connectivity index (χ3n) is 8.38. The summed E-state index contributed by atoms with van der Waals surface area (Å²) < 4.78 is 17.5. The Morgan fingerprint density at radius 2 is 0.892 bits per heavy atom. The van der Waals surface area contributed by atoms with E-state index >= 15 is 0 Å². The molecule has 0 fully saturated rings. The quantitative estimate of drug-likeness (QED) is 0.280. The molecule has 4 heteroatoms. The van der Waals surface area contributed by atoms with Gasteiger partial charge >= 0.3 is 0 Å². The Bertz CT molecular complexity index is 1290. The molecule has 3 aromatic carbocycles. The first-order valence-corrected chi connectivity index (χ1v) is 14.9. The summed E-state index contributed by atoms with van der Waals surface area (Å²) in [5.41, 5.74) is 7.69. The van der Waals surface area contributed by atoms with E-state index in [1.54, 1.807) is 21.3 Å². The first-order chi connectivity index (χ1) is 17.5. The maximum atomic E-state index is 5.85. The van der Waals surface area contributed by atoms with Crippen molar-refractivity contribution in [2.45, 2.75) is 53.5 Å². The van der Waals surface area contributed by atoms with Crippen LogP contribution >= 0.6 is 0 Å². The Labute approximate surface area is 223 Å². The number of ether oxygens (including phenoxy) is 3. The van der Waals surface area contributed by atoms with E-state index in [4.69, 9.17) is 14.2 Å². The molecule has 3 nitrogen and oxygen atoms in total. The molecule has 0 heterocycles. The minimum atomic E-state index is -2.87. The van der Waals surface area contributed by atoms with Gasteiger partial charge in [-0.3, -0.25) is 0 Å². The molecule has 0 spiro atoms. The van der Waals surface area contributed by atoms with E-state index in [0.717, 1.165) is 17.2 Å². The fourth-order valence-electron chi connectivity index (χ4n) is 6.37. The lowest BCUT2D eigenvalue weighted by atomic mass is 10.0. The number of methoxy groups -OCH3 is 3. The van der Waals surface area contributed by atoms with Crippen molar-refractivity contribution in [3.8, 4) is 17.2 Å². The fraction of sp³-hybridized carbons (Fsp3) is 0.333. The normalized spacial score (nSPS) is 17.6. The average Bonchev–Trinajstić information content (AvgIpc) is 3.06. The van der Waals surface area contributed by atoms with Crippen molar-refractivity contribution >= 4 is 23.6 Å². The summed E-state index contributed by atoms with van der Waals surface area (Å²) in [5, 5.41) is 3.69. The van der Waals surface area contributed by atoms with E-state index in [1.165, 1.54) is 49.0 Å². The fourth-order valence-corrected chi connectivity index (χ4v) is 12.8. The van der Waals surface area contributed by atoms with Crippen LogP contribution in [-0.4, -0.2) is 29.4 Å². The minimum Gasteiger partial charge on any atom is -0.497 e. The third-order valence-corrected chi connectivity index (χ3v) is 13.9. The number of aryl methyl sites for hydroxylation is 3. The molecular formula is C33H40O3Si. The van der Waals surface area contributed by atoms with Crippen LogP contribution in [0.25, 0.3) is 0 Å². The molecule has 0 aromatic heterocycles. The summed E-state index contributed by atoms with van der Waals surface area (Å²) in [6.07, 6.45) is 2.52. The van der Waals surface area contributed by atoms with Gasteiger partial charge in [-0.15, -0.1) is 0 Å². The predicted molar refractivity (Wildman–Crippen MR) is 158 cm³/mol. The van der Waals surface area contributed by atoms with Crippen molar-refractivity contribution in [3.63, 3.8) is 0 Å². The van der Waals surface area contributed by atoms with E-state index in [2.05, 4.69) is 109 Å². The summed E-state index contributed by atoms with van der Waals surface area (Å²) in [5.74, 6) is 2.64. The second-order valence-electron chi connectivity index (χ2n) is 10.7. The van der Waals surface area contributed by atoms with Gasteiger partial charge in [-0.2, -0.15) is 0 Å². The molecule has 0 radical (unpaired) electrons. The van der Waals surface area contributed by atoms with Crippen LogP contribution in [0.4, 0.5) is 0 Å². The summed E-state index contributed by atoms with van der Waals surface area (Å²) in [6.45, 7) is 15.7. The monoisotopic (exact) mass is 512 g/mol. The standard InChI is InChI=1S/C33H40O3Si/c1-21-11-27(34-8)17-30(14-21)37(31-15-22(2)12-28(18-31)35-9,32-16-23(3)13-29(19-32)36-10)33(7)20-24(4)25(5)26(33)6/h11-20H,1-10H3. The predicted octanol–water partition coefficient (Wildman–Crippen LogP) is 6.16. The van der Waals surface area contributed by atoms with Crippen molar-refractivity contribution in [3.05, 3.63) is 94.1 Å². The molecule has 194 valence electrons. The van der Waals surface area contributed by atoms with Gasteiger partial charge in [-0.25, -0.2) is 0 Å². The zero-order chi connectivity index (χ0) is 27.1. The molecule has 1 unspecified atom stereocenters. The second kappa shape index (κ2) is 9.90. The highest BCUT2D eigenvalue weighted by atomic mass is 28.3. The van der Waals surface area contributed by atoms with Crippen LogP contribution < -0.4 is 29.8 Å². The van der Waals surface area contributed by atoms with Gasteiger partial charge < -0.3 is 14.2 Å². The van der Waals surface area contributed by atoms with E-state index in [0.29, 0.717) is 0 Å². The van der Waals surface area contributed by atoms with Gasteiger partial charge in [0.25, 0.3) is 0 Å². The van der Waals surface area contributed by atoms with Crippen LogP contribution in [0.5, 0.6) is 17.2 Å². The molecule has 0 saturated heterocycles. The summed E-state index contributed by atoms with van der Waals surface area (Å²) in [6, 6.07) is 20.2. The smallest absolute Gasteiger partial charge is 0.162 e. The highest BCUT2D eigenvalue weighted by Crippen LogP contribution is 2.53. The van der Waals surface area contributed by atoms with Gasteiger partial charge in [0.05, 0.1) is 21.3 Å². The SMILES string of the molecule is COc1cc(C)cc([Si](c2cc(C)cc(OC)c2)(c2cc(C)cc(OC)c2)C2(C)C=C(C)C(C)=C2C)c1. The first-order valence-electron chi connectivity index (χ1n) is 12.9. The number of rotatable bonds is 7. The van der Waals surface area contributed by atoms with Gasteiger partial charge in [0.1, 0.15) is 17.2 Å². The Kier molecular flexibility index (Phi) is 7.18.